The molecule has 3 fully saturated rings. The molecule has 0 aromatic rings. The molecule has 0 bridgehead atoms. The second-order valence-electron chi connectivity index (χ2n) is 6.68. The molecule has 1 atom stereocenters. The third-order valence-corrected chi connectivity index (χ3v) is 6.36. The lowest BCUT2D eigenvalue weighted by Gasteiger charge is -2.23. The summed E-state index contributed by atoms with van der Waals surface area (Å²) in [4.78, 5) is 0. The van der Waals surface area contributed by atoms with Crippen LogP contribution in [0.4, 0.5) is 0 Å². The molecule has 0 aromatic heterocycles. The fourth-order valence-electron chi connectivity index (χ4n) is 3.43. The van der Waals surface area contributed by atoms with Gasteiger partial charge in [0.05, 0.1) is 5.75 Å². The molecule has 0 aromatic carbocycles. The fraction of sp³-hybridized carbons (Fsp3) is 1.00. The van der Waals surface area contributed by atoms with Crippen molar-refractivity contribution in [2.75, 3.05) is 25.4 Å². The van der Waals surface area contributed by atoms with Gasteiger partial charge in [-0.1, -0.05) is 0 Å². The van der Waals surface area contributed by atoms with Crippen LogP contribution < -0.4 is 10.0 Å². The minimum absolute atomic E-state index is 0.298. The van der Waals surface area contributed by atoms with Crippen molar-refractivity contribution in [1.29, 1.82) is 0 Å². The Morgan fingerprint density at radius 1 is 1.11 bits per heavy atom. The smallest absolute Gasteiger partial charge is 0.211 e. The fourth-order valence-corrected chi connectivity index (χ4v) is 4.90. The Balaban J connectivity index is 1.46. The van der Waals surface area contributed by atoms with Crippen molar-refractivity contribution in [3.8, 4) is 0 Å². The topological polar surface area (TPSA) is 58.2 Å². The van der Waals surface area contributed by atoms with Crippen molar-refractivity contribution < 1.29 is 8.42 Å². The van der Waals surface area contributed by atoms with E-state index in [-0.39, 0.29) is 0 Å². The molecule has 1 unspecified atom stereocenters. The van der Waals surface area contributed by atoms with Gasteiger partial charge in [0.15, 0.2) is 0 Å². The van der Waals surface area contributed by atoms with Crippen LogP contribution in [0.3, 0.4) is 0 Å². The summed E-state index contributed by atoms with van der Waals surface area (Å²) >= 11 is 0. The van der Waals surface area contributed by atoms with Gasteiger partial charge in [-0.05, 0) is 75.3 Å². The summed E-state index contributed by atoms with van der Waals surface area (Å²) in [7, 11) is -3.08. The molecule has 2 N–H and O–H groups in total. The number of sulfonamides is 1. The standard InChI is InChI=1S/C14H26N2O2S/c17-19(18,10-11-2-1-7-15-8-11)16-9-14(12-3-4-12)13-5-6-13/h11-16H,1-10H2. The van der Waals surface area contributed by atoms with Crippen molar-refractivity contribution >= 4 is 10.0 Å². The average Bonchev–Trinajstić information content (AvgIpc) is 3.24. The van der Waals surface area contributed by atoms with Gasteiger partial charge in [-0.3, -0.25) is 0 Å². The lowest BCUT2D eigenvalue weighted by Crippen LogP contribution is -2.39. The van der Waals surface area contributed by atoms with E-state index >= 15 is 0 Å². The average molecular weight is 286 g/mol. The van der Waals surface area contributed by atoms with E-state index in [2.05, 4.69) is 10.0 Å². The van der Waals surface area contributed by atoms with Crippen LogP contribution >= 0.6 is 0 Å². The molecule has 4 nitrogen and oxygen atoms in total. The maximum absolute atomic E-state index is 12.2. The van der Waals surface area contributed by atoms with Crippen molar-refractivity contribution in [2.45, 2.75) is 38.5 Å². The zero-order chi connectivity index (χ0) is 13.3. The van der Waals surface area contributed by atoms with E-state index in [9.17, 15) is 8.42 Å². The maximum Gasteiger partial charge on any atom is 0.211 e. The first-order valence-electron chi connectivity index (χ1n) is 7.82. The molecule has 1 aliphatic heterocycles. The third kappa shape index (κ3) is 4.17. The normalized spacial score (nSPS) is 28.8. The highest BCUT2D eigenvalue weighted by atomic mass is 32.2. The van der Waals surface area contributed by atoms with Gasteiger partial charge in [0.1, 0.15) is 0 Å². The van der Waals surface area contributed by atoms with Crippen molar-refractivity contribution in [3.63, 3.8) is 0 Å². The van der Waals surface area contributed by atoms with Crippen molar-refractivity contribution in [1.82, 2.24) is 10.0 Å². The highest BCUT2D eigenvalue weighted by Crippen LogP contribution is 2.48. The predicted molar refractivity (Wildman–Crippen MR) is 76.3 cm³/mol. The molecule has 5 heteroatoms. The Morgan fingerprint density at radius 3 is 2.32 bits per heavy atom. The molecule has 19 heavy (non-hydrogen) atoms. The van der Waals surface area contributed by atoms with Crippen LogP contribution in [0.25, 0.3) is 0 Å². The van der Waals surface area contributed by atoms with E-state index in [4.69, 9.17) is 0 Å². The lowest BCUT2D eigenvalue weighted by molar-refractivity contribution is 0.390. The van der Waals surface area contributed by atoms with Crippen LogP contribution in [0, 0.1) is 23.7 Å². The van der Waals surface area contributed by atoms with E-state index in [0.29, 0.717) is 24.1 Å². The Hall–Kier alpha value is -0.130. The number of hydrogen-bond donors (Lipinski definition) is 2. The summed E-state index contributed by atoms with van der Waals surface area (Å²) in [6, 6.07) is 0. The second-order valence-corrected chi connectivity index (χ2v) is 8.53. The zero-order valence-corrected chi connectivity index (χ0v) is 12.4. The first kappa shape index (κ1) is 13.8. The molecule has 0 radical (unpaired) electrons. The number of hydrogen-bond acceptors (Lipinski definition) is 3. The molecule has 0 spiro atoms. The molecule has 0 amide bonds. The quantitative estimate of drug-likeness (QED) is 0.742. The highest BCUT2D eigenvalue weighted by Gasteiger charge is 2.41. The van der Waals surface area contributed by atoms with Crippen LogP contribution in [0.1, 0.15) is 38.5 Å². The SMILES string of the molecule is O=S(=O)(CC1CCCNC1)NCC(C1CC1)C1CC1. The van der Waals surface area contributed by atoms with Crippen LogP contribution in [0.5, 0.6) is 0 Å². The van der Waals surface area contributed by atoms with Crippen LogP contribution in [-0.4, -0.2) is 33.8 Å². The third-order valence-electron chi connectivity index (χ3n) is 4.85. The summed E-state index contributed by atoms with van der Waals surface area (Å²) in [5, 5.41) is 3.29. The summed E-state index contributed by atoms with van der Waals surface area (Å²) in [6.45, 7) is 2.59. The van der Waals surface area contributed by atoms with E-state index < -0.39 is 10.0 Å². The van der Waals surface area contributed by atoms with E-state index in [1.54, 1.807) is 0 Å². The zero-order valence-electron chi connectivity index (χ0n) is 11.6. The summed E-state index contributed by atoms with van der Waals surface area (Å²) in [5.74, 6) is 2.85. The van der Waals surface area contributed by atoms with Gasteiger partial charge in [0, 0.05) is 6.54 Å². The Morgan fingerprint density at radius 2 is 1.79 bits per heavy atom. The van der Waals surface area contributed by atoms with Gasteiger partial charge >= 0.3 is 0 Å². The van der Waals surface area contributed by atoms with Crippen molar-refractivity contribution in [3.05, 3.63) is 0 Å². The number of nitrogens with one attached hydrogen (secondary N) is 2. The molecule has 2 aliphatic carbocycles. The van der Waals surface area contributed by atoms with E-state index in [0.717, 1.165) is 37.8 Å². The molecular weight excluding hydrogens is 260 g/mol. The summed E-state index contributed by atoms with van der Waals surface area (Å²) < 4.78 is 27.2. The summed E-state index contributed by atoms with van der Waals surface area (Å²) in [6.07, 6.45) is 7.41. The van der Waals surface area contributed by atoms with Crippen LogP contribution in [-0.2, 0) is 10.0 Å². The molecule has 2 saturated carbocycles. The van der Waals surface area contributed by atoms with Gasteiger partial charge in [-0.15, -0.1) is 0 Å². The predicted octanol–water partition coefficient (Wildman–Crippen LogP) is 1.34. The first-order valence-corrected chi connectivity index (χ1v) is 9.47. The van der Waals surface area contributed by atoms with Crippen LogP contribution in [0.15, 0.2) is 0 Å². The second kappa shape index (κ2) is 5.70. The number of piperidine rings is 1. The Kier molecular flexibility index (Phi) is 4.15. The van der Waals surface area contributed by atoms with E-state index in [1.165, 1.54) is 25.7 Å². The maximum atomic E-state index is 12.2. The molecular formula is C14H26N2O2S. The van der Waals surface area contributed by atoms with Gasteiger partial charge < -0.3 is 5.32 Å². The van der Waals surface area contributed by atoms with E-state index in [1.807, 2.05) is 0 Å². The molecule has 1 heterocycles. The molecule has 3 aliphatic rings. The van der Waals surface area contributed by atoms with Gasteiger partial charge in [-0.25, -0.2) is 13.1 Å². The van der Waals surface area contributed by atoms with Crippen LogP contribution in [0.2, 0.25) is 0 Å². The lowest BCUT2D eigenvalue weighted by atomic mass is 9.98. The van der Waals surface area contributed by atoms with Crippen molar-refractivity contribution in [2.24, 2.45) is 23.7 Å². The molecule has 1 saturated heterocycles. The molecule has 3 rings (SSSR count). The monoisotopic (exact) mass is 286 g/mol. The van der Waals surface area contributed by atoms with Gasteiger partial charge in [0.2, 0.25) is 10.0 Å². The Bertz CT molecular complexity index is 384. The largest absolute Gasteiger partial charge is 0.316 e. The summed E-state index contributed by atoms with van der Waals surface area (Å²) in [5.41, 5.74) is 0. The minimum Gasteiger partial charge on any atom is -0.316 e. The number of rotatable bonds is 7. The first-order chi connectivity index (χ1) is 9.14. The Labute approximate surface area is 116 Å². The molecule has 110 valence electrons. The van der Waals surface area contributed by atoms with Gasteiger partial charge in [0.25, 0.3) is 0 Å². The van der Waals surface area contributed by atoms with Gasteiger partial charge in [-0.2, -0.15) is 0 Å². The highest BCUT2D eigenvalue weighted by molar-refractivity contribution is 7.89. The minimum atomic E-state index is -3.08.